The zero-order valence-corrected chi connectivity index (χ0v) is 11.1. The van der Waals surface area contributed by atoms with Crippen LogP contribution in [0.25, 0.3) is 0 Å². The largest absolute Gasteiger partial charge is 0.385 e. The third-order valence-corrected chi connectivity index (χ3v) is 4.00. The van der Waals surface area contributed by atoms with Crippen molar-refractivity contribution < 1.29 is 9.90 Å². The van der Waals surface area contributed by atoms with Crippen molar-refractivity contribution in [1.82, 2.24) is 4.90 Å². The van der Waals surface area contributed by atoms with Gasteiger partial charge in [0.1, 0.15) is 0 Å². The summed E-state index contributed by atoms with van der Waals surface area (Å²) in [6, 6.07) is 9.78. The maximum atomic E-state index is 11.7. The fraction of sp³-hybridized carbons (Fsp3) is 0.533. The summed E-state index contributed by atoms with van der Waals surface area (Å²) in [4.78, 5) is 13.6. The molecule has 0 aliphatic carbocycles. The number of carbonyl (C=O) groups excluding carboxylic acids is 1. The Morgan fingerprint density at radius 1 is 1.44 bits per heavy atom. The van der Waals surface area contributed by atoms with Gasteiger partial charge in [0.2, 0.25) is 5.91 Å². The molecule has 0 aromatic heterocycles. The van der Waals surface area contributed by atoms with Gasteiger partial charge in [-0.25, -0.2) is 0 Å². The quantitative estimate of drug-likeness (QED) is 0.870. The topological polar surface area (TPSA) is 40.5 Å². The van der Waals surface area contributed by atoms with Crippen LogP contribution >= 0.6 is 0 Å². The fourth-order valence-electron chi connectivity index (χ4n) is 2.73. The second-order valence-electron chi connectivity index (χ2n) is 5.13. The Kier molecular flexibility index (Phi) is 3.71. The molecule has 1 heterocycles. The van der Waals surface area contributed by atoms with Crippen molar-refractivity contribution in [2.24, 2.45) is 5.92 Å². The number of amides is 1. The van der Waals surface area contributed by atoms with Gasteiger partial charge in [-0.3, -0.25) is 4.79 Å². The van der Waals surface area contributed by atoms with Crippen LogP contribution < -0.4 is 0 Å². The molecule has 1 aromatic rings. The summed E-state index contributed by atoms with van der Waals surface area (Å²) >= 11 is 0. The molecule has 0 spiro atoms. The number of carbonyl (C=O) groups is 1. The number of nitrogens with zero attached hydrogens (tertiary/aromatic N) is 1. The zero-order chi connectivity index (χ0) is 13.2. The summed E-state index contributed by atoms with van der Waals surface area (Å²) in [6.07, 6.45) is 1.15. The number of rotatable bonds is 2. The summed E-state index contributed by atoms with van der Waals surface area (Å²) in [5.41, 5.74) is 0.160. The Labute approximate surface area is 108 Å². The van der Waals surface area contributed by atoms with E-state index in [1.807, 2.05) is 49.1 Å². The van der Waals surface area contributed by atoms with Crippen molar-refractivity contribution in [3.05, 3.63) is 35.9 Å². The predicted octanol–water partition coefficient (Wildman–Crippen LogP) is 2.15. The highest BCUT2D eigenvalue weighted by Crippen LogP contribution is 2.37. The first kappa shape index (κ1) is 13.1. The molecule has 2 rings (SSSR count). The lowest BCUT2D eigenvalue weighted by Gasteiger charge is -2.43. The van der Waals surface area contributed by atoms with E-state index < -0.39 is 5.60 Å². The van der Waals surface area contributed by atoms with E-state index >= 15 is 0 Å². The smallest absolute Gasteiger partial charge is 0.222 e. The third kappa shape index (κ3) is 2.27. The molecule has 1 amide bonds. The number of piperidine rings is 1. The number of hydrogen-bond donors (Lipinski definition) is 1. The van der Waals surface area contributed by atoms with Crippen LogP contribution in [0.4, 0.5) is 0 Å². The van der Waals surface area contributed by atoms with E-state index in [-0.39, 0.29) is 11.8 Å². The Morgan fingerprint density at radius 2 is 2.11 bits per heavy atom. The van der Waals surface area contributed by atoms with E-state index in [1.54, 1.807) is 0 Å². The summed E-state index contributed by atoms with van der Waals surface area (Å²) < 4.78 is 0. The normalized spacial score (nSPS) is 28.2. The van der Waals surface area contributed by atoms with Crippen LogP contribution in [0.2, 0.25) is 0 Å². The molecule has 0 saturated carbocycles. The van der Waals surface area contributed by atoms with Crippen LogP contribution in [-0.2, 0) is 10.4 Å². The minimum atomic E-state index is -0.800. The SMILES string of the molecule is CCC(=O)N1CC[C@](O)(c2ccccc2)[C@@H](C)C1. The average molecular weight is 247 g/mol. The second-order valence-corrected chi connectivity index (χ2v) is 5.13. The van der Waals surface area contributed by atoms with Crippen molar-refractivity contribution in [2.75, 3.05) is 13.1 Å². The molecule has 3 nitrogen and oxygen atoms in total. The van der Waals surface area contributed by atoms with Gasteiger partial charge in [-0.15, -0.1) is 0 Å². The van der Waals surface area contributed by atoms with Crippen molar-refractivity contribution >= 4 is 5.91 Å². The molecule has 1 N–H and O–H groups in total. The maximum absolute atomic E-state index is 11.7. The lowest BCUT2D eigenvalue weighted by molar-refractivity contribution is -0.139. The summed E-state index contributed by atoms with van der Waals surface area (Å²) in [5, 5.41) is 10.8. The van der Waals surface area contributed by atoms with Gasteiger partial charge in [-0.05, 0) is 12.0 Å². The van der Waals surface area contributed by atoms with Crippen molar-refractivity contribution in [2.45, 2.75) is 32.3 Å². The lowest BCUT2D eigenvalue weighted by atomic mass is 9.77. The van der Waals surface area contributed by atoms with E-state index in [0.717, 1.165) is 5.56 Å². The zero-order valence-electron chi connectivity index (χ0n) is 11.1. The number of aliphatic hydroxyl groups is 1. The van der Waals surface area contributed by atoms with Crippen LogP contribution in [0.1, 0.15) is 32.3 Å². The molecule has 0 unspecified atom stereocenters. The highest BCUT2D eigenvalue weighted by molar-refractivity contribution is 5.76. The first-order chi connectivity index (χ1) is 8.58. The van der Waals surface area contributed by atoms with Crippen LogP contribution in [-0.4, -0.2) is 29.0 Å². The van der Waals surface area contributed by atoms with E-state index in [1.165, 1.54) is 0 Å². The molecular weight excluding hydrogens is 226 g/mol. The monoisotopic (exact) mass is 247 g/mol. The van der Waals surface area contributed by atoms with Gasteiger partial charge in [0, 0.05) is 25.4 Å². The molecular formula is C15H21NO2. The van der Waals surface area contributed by atoms with Gasteiger partial charge < -0.3 is 10.0 Å². The first-order valence-corrected chi connectivity index (χ1v) is 6.63. The predicted molar refractivity (Wildman–Crippen MR) is 71.0 cm³/mol. The highest BCUT2D eigenvalue weighted by Gasteiger charge is 2.40. The molecule has 1 aromatic carbocycles. The molecule has 0 radical (unpaired) electrons. The van der Waals surface area contributed by atoms with Gasteiger partial charge in [0.05, 0.1) is 5.60 Å². The van der Waals surface area contributed by atoms with Crippen LogP contribution in [0, 0.1) is 5.92 Å². The Hall–Kier alpha value is -1.35. The number of likely N-dealkylation sites (tertiary alicyclic amines) is 1. The van der Waals surface area contributed by atoms with Crippen molar-refractivity contribution in [3.8, 4) is 0 Å². The van der Waals surface area contributed by atoms with Gasteiger partial charge in [0.15, 0.2) is 0 Å². The van der Waals surface area contributed by atoms with E-state index in [0.29, 0.717) is 25.9 Å². The number of benzene rings is 1. The third-order valence-electron chi connectivity index (χ3n) is 4.00. The first-order valence-electron chi connectivity index (χ1n) is 6.63. The molecule has 0 bridgehead atoms. The molecule has 1 fully saturated rings. The summed E-state index contributed by atoms with van der Waals surface area (Å²) in [7, 11) is 0. The minimum Gasteiger partial charge on any atom is -0.385 e. The Morgan fingerprint density at radius 3 is 2.67 bits per heavy atom. The molecule has 3 heteroatoms. The standard InChI is InChI=1S/C15H21NO2/c1-3-14(17)16-10-9-15(18,12(2)11-16)13-7-5-4-6-8-13/h4-8,12,18H,3,9-11H2,1-2H3/t12-,15+/m0/s1. The van der Waals surface area contributed by atoms with Crippen LogP contribution in [0.15, 0.2) is 30.3 Å². The van der Waals surface area contributed by atoms with E-state index in [9.17, 15) is 9.90 Å². The molecule has 98 valence electrons. The lowest BCUT2D eigenvalue weighted by Crippen LogP contribution is -2.50. The van der Waals surface area contributed by atoms with E-state index in [4.69, 9.17) is 0 Å². The van der Waals surface area contributed by atoms with E-state index in [2.05, 4.69) is 0 Å². The molecule has 2 atom stereocenters. The molecule has 18 heavy (non-hydrogen) atoms. The van der Waals surface area contributed by atoms with Crippen LogP contribution in [0.3, 0.4) is 0 Å². The average Bonchev–Trinajstić information content (AvgIpc) is 2.42. The second kappa shape index (κ2) is 5.11. The molecule has 1 aliphatic rings. The van der Waals surface area contributed by atoms with Gasteiger partial charge in [0.25, 0.3) is 0 Å². The highest BCUT2D eigenvalue weighted by atomic mass is 16.3. The molecule has 1 aliphatic heterocycles. The maximum Gasteiger partial charge on any atom is 0.222 e. The van der Waals surface area contributed by atoms with Crippen molar-refractivity contribution in [3.63, 3.8) is 0 Å². The Balaban J connectivity index is 2.16. The minimum absolute atomic E-state index is 0.0594. The van der Waals surface area contributed by atoms with Crippen molar-refractivity contribution in [1.29, 1.82) is 0 Å². The van der Waals surface area contributed by atoms with Crippen LogP contribution in [0.5, 0.6) is 0 Å². The van der Waals surface area contributed by atoms with Gasteiger partial charge >= 0.3 is 0 Å². The molecule has 1 saturated heterocycles. The van der Waals surface area contributed by atoms with Gasteiger partial charge in [-0.1, -0.05) is 44.2 Å². The summed E-state index contributed by atoms with van der Waals surface area (Å²) in [5.74, 6) is 0.237. The van der Waals surface area contributed by atoms with Gasteiger partial charge in [-0.2, -0.15) is 0 Å². The number of hydrogen-bond acceptors (Lipinski definition) is 2. The summed E-state index contributed by atoms with van der Waals surface area (Å²) in [6.45, 7) is 5.17. The fourth-order valence-corrected chi connectivity index (χ4v) is 2.73. The Bertz CT molecular complexity index is 418.